The largest absolute Gasteiger partial charge is 0.329 e. The van der Waals surface area contributed by atoms with Crippen LogP contribution in [0.1, 0.15) is 44.2 Å². The summed E-state index contributed by atoms with van der Waals surface area (Å²) >= 11 is 6.19. The van der Waals surface area contributed by atoms with Crippen LogP contribution < -0.4 is 5.73 Å². The minimum atomic E-state index is -0.260. The van der Waals surface area contributed by atoms with Crippen LogP contribution in [0.4, 0.5) is 4.39 Å². The van der Waals surface area contributed by atoms with Crippen molar-refractivity contribution in [2.75, 3.05) is 13.6 Å². The summed E-state index contributed by atoms with van der Waals surface area (Å²) in [5.74, 6) is 0.539. The monoisotopic (exact) mass is 298 g/mol. The third kappa shape index (κ3) is 3.33. The van der Waals surface area contributed by atoms with Gasteiger partial charge in [-0.1, -0.05) is 24.6 Å². The highest BCUT2D eigenvalue weighted by Gasteiger charge is 2.29. The van der Waals surface area contributed by atoms with Crippen molar-refractivity contribution in [3.8, 4) is 0 Å². The van der Waals surface area contributed by atoms with Crippen LogP contribution >= 0.6 is 11.6 Å². The summed E-state index contributed by atoms with van der Waals surface area (Å²) < 4.78 is 14.1. The van der Waals surface area contributed by atoms with E-state index in [1.54, 1.807) is 12.1 Å². The molecule has 0 amide bonds. The van der Waals surface area contributed by atoms with Crippen LogP contribution in [0, 0.1) is 11.7 Å². The molecule has 1 fully saturated rings. The molecule has 4 heteroatoms. The Morgan fingerprint density at radius 1 is 1.35 bits per heavy atom. The van der Waals surface area contributed by atoms with Gasteiger partial charge in [-0.05, 0) is 50.8 Å². The zero-order valence-corrected chi connectivity index (χ0v) is 13.0. The third-order valence-electron chi connectivity index (χ3n) is 4.61. The molecule has 1 unspecified atom stereocenters. The Bertz CT molecular complexity index is 424. The van der Waals surface area contributed by atoms with Crippen LogP contribution in [0.2, 0.25) is 5.02 Å². The smallest absolute Gasteiger partial charge is 0.129 e. The lowest BCUT2D eigenvalue weighted by Crippen LogP contribution is -2.41. The zero-order chi connectivity index (χ0) is 14.7. The number of nitrogens with zero attached hydrogens (tertiary/aromatic N) is 1. The number of halogens is 2. The van der Waals surface area contributed by atoms with E-state index >= 15 is 0 Å². The Hall–Kier alpha value is -0.640. The number of hydrogen-bond acceptors (Lipinski definition) is 2. The first kappa shape index (κ1) is 15.7. The normalized spacial score (nSPS) is 24.9. The van der Waals surface area contributed by atoms with Gasteiger partial charge in [0.2, 0.25) is 0 Å². The van der Waals surface area contributed by atoms with Gasteiger partial charge in [-0.3, -0.25) is 4.90 Å². The average molecular weight is 299 g/mol. The van der Waals surface area contributed by atoms with Crippen molar-refractivity contribution in [1.82, 2.24) is 4.90 Å². The molecule has 20 heavy (non-hydrogen) atoms. The molecule has 2 nitrogen and oxygen atoms in total. The third-order valence-corrected chi connectivity index (χ3v) is 4.94. The molecule has 1 aliphatic rings. The molecular formula is C16H24ClFN2. The van der Waals surface area contributed by atoms with Crippen LogP contribution in [-0.4, -0.2) is 24.5 Å². The number of benzene rings is 1. The summed E-state index contributed by atoms with van der Waals surface area (Å²) in [6.45, 7) is 2.67. The van der Waals surface area contributed by atoms with E-state index in [0.717, 1.165) is 18.8 Å². The highest BCUT2D eigenvalue weighted by atomic mass is 35.5. The molecule has 2 N–H and O–H groups in total. The molecule has 1 aromatic rings. The SMILES string of the molecule is CC1CCC(N(C)C(CN)c2c(F)cccc2Cl)CC1. The number of nitrogens with two attached hydrogens (primary N) is 1. The van der Waals surface area contributed by atoms with Gasteiger partial charge in [-0.25, -0.2) is 4.39 Å². The number of likely N-dealkylation sites (N-methyl/N-ethyl adjacent to an activating group) is 1. The van der Waals surface area contributed by atoms with Crippen LogP contribution in [0.15, 0.2) is 18.2 Å². The van der Waals surface area contributed by atoms with Crippen molar-refractivity contribution in [2.24, 2.45) is 11.7 Å². The van der Waals surface area contributed by atoms with Crippen molar-refractivity contribution in [2.45, 2.75) is 44.7 Å². The van der Waals surface area contributed by atoms with Crippen LogP contribution in [0.3, 0.4) is 0 Å². The fraction of sp³-hybridized carbons (Fsp3) is 0.625. The van der Waals surface area contributed by atoms with E-state index in [9.17, 15) is 4.39 Å². The Kier molecular flexibility index (Phi) is 5.42. The van der Waals surface area contributed by atoms with Gasteiger partial charge in [0.05, 0.1) is 6.04 Å². The summed E-state index contributed by atoms with van der Waals surface area (Å²) in [5.41, 5.74) is 6.45. The molecule has 1 saturated carbocycles. The van der Waals surface area contributed by atoms with E-state index in [1.807, 2.05) is 7.05 Å². The zero-order valence-electron chi connectivity index (χ0n) is 12.3. The van der Waals surface area contributed by atoms with Gasteiger partial charge in [0.25, 0.3) is 0 Å². The second kappa shape index (κ2) is 6.88. The summed E-state index contributed by atoms with van der Waals surface area (Å²) in [5, 5.41) is 0.469. The van der Waals surface area contributed by atoms with Gasteiger partial charge < -0.3 is 5.73 Å². The molecular weight excluding hydrogens is 275 g/mol. The van der Waals surface area contributed by atoms with E-state index in [0.29, 0.717) is 23.2 Å². The average Bonchev–Trinajstić information content (AvgIpc) is 2.43. The lowest BCUT2D eigenvalue weighted by molar-refractivity contribution is 0.124. The molecule has 0 radical (unpaired) electrons. The van der Waals surface area contributed by atoms with Crippen molar-refractivity contribution in [1.29, 1.82) is 0 Å². The Balaban J connectivity index is 2.19. The van der Waals surface area contributed by atoms with Crippen LogP contribution in [0.25, 0.3) is 0 Å². The van der Waals surface area contributed by atoms with Gasteiger partial charge in [0.1, 0.15) is 5.82 Å². The lowest BCUT2D eigenvalue weighted by Gasteiger charge is -2.38. The Labute approximate surface area is 126 Å². The van der Waals surface area contributed by atoms with Gasteiger partial charge in [0.15, 0.2) is 0 Å². The fourth-order valence-electron chi connectivity index (χ4n) is 3.22. The van der Waals surface area contributed by atoms with E-state index in [-0.39, 0.29) is 11.9 Å². The molecule has 2 rings (SSSR count). The molecule has 0 saturated heterocycles. The Morgan fingerprint density at radius 3 is 2.55 bits per heavy atom. The molecule has 0 aliphatic heterocycles. The maximum Gasteiger partial charge on any atom is 0.129 e. The first-order chi connectivity index (χ1) is 9.54. The van der Waals surface area contributed by atoms with E-state index < -0.39 is 0 Å². The predicted molar refractivity (Wildman–Crippen MR) is 82.4 cm³/mol. The summed E-state index contributed by atoms with van der Waals surface area (Å²) in [6, 6.07) is 5.15. The van der Waals surface area contributed by atoms with Crippen molar-refractivity contribution < 1.29 is 4.39 Å². The molecule has 0 heterocycles. The van der Waals surface area contributed by atoms with Crippen LogP contribution in [0.5, 0.6) is 0 Å². The highest BCUT2D eigenvalue weighted by Crippen LogP contribution is 2.34. The first-order valence-corrected chi connectivity index (χ1v) is 7.78. The molecule has 112 valence electrons. The molecule has 0 aromatic heterocycles. The van der Waals surface area contributed by atoms with Gasteiger partial charge in [0, 0.05) is 23.2 Å². The van der Waals surface area contributed by atoms with Gasteiger partial charge in [-0.2, -0.15) is 0 Å². The van der Waals surface area contributed by atoms with E-state index in [2.05, 4.69) is 11.8 Å². The van der Waals surface area contributed by atoms with Crippen molar-refractivity contribution >= 4 is 11.6 Å². The summed E-state index contributed by atoms with van der Waals surface area (Å²) in [7, 11) is 2.04. The molecule has 0 spiro atoms. The van der Waals surface area contributed by atoms with Crippen molar-refractivity contribution in [3.63, 3.8) is 0 Å². The second-order valence-electron chi connectivity index (χ2n) is 5.97. The van der Waals surface area contributed by atoms with Crippen LogP contribution in [-0.2, 0) is 0 Å². The number of hydrogen-bond donors (Lipinski definition) is 1. The second-order valence-corrected chi connectivity index (χ2v) is 6.37. The van der Waals surface area contributed by atoms with E-state index in [1.165, 1.54) is 18.9 Å². The van der Waals surface area contributed by atoms with Crippen molar-refractivity contribution in [3.05, 3.63) is 34.6 Å². The molecule has 1 aliphatic carbocycles. The number of rotatable bonds is 4. The standard InChI is InChI=1S/C16H24ClFN2/c1-11-6-8-12(9-7-11)20(2)15(10-19)16-13(17)4-3-5-14(16)18/h3-5,11-12,15H,6-10,19H2,1-2H3. The minimum Gasteiger partial charge on any atom is -0.329 e. The molecule has 1 atom stereocenters. The highest BCUT2D eigenvalue weighted by molar-refractivity contribution is 6.31. The lowest BCUT2D eigenvalue weighted by atomic mass is 9.86. The minimum absolute atomic E-state index is 0.151. The summed E-state index contributed by atoms with van der Waals surface area (Å²) in [6.07, 6.45) is 4.77. The van der Waals surface area contributed by atoms with E-state index in [4.69, 9.17) is 17.3 Å². The van der Waals surface area contributed by atoms with Gasteiger partial charge in [-0.15, -0.1) is 0 Å². The summed E-state index contributed by atoms with van der Waals surface area (Å²) in [4.78, 5) is 2.22. The van der Waals surface area contributed by atoms with Gasteiger partial charge >= 0.3 is 0 Å². The predicted octanol–water partition coefficient (Wildman–Crippen LogP) is 3.99. The topological polar surface area (TPSA) is 29.3 Å². The quantitative estimate of drug-likeness (QED) is 0.911. The maximum atomic E-state index is 14.1. The Morgan fingerprint density at radius 2 is 2.00 bits per heavy atom. The molecule has 1 aromatic carbocycles. The first-order valence-electron chi connectivity index (χ1n) is 7.40. The molecule has 0 bridgehead atoms. The fourth-order valence-corrected chi connectivity index (χ4v) is 3.51. The maximum absolute atomic E-state index is 14.1.